The van der Waals surface area contributed by atoms with Gasteiger partial charge in [0.25, 0.3) is 5.91 Å². The molecule has 0 saturated heterocycles. The molecule has 1 amide bonds. The van der Waals surface area contributed by atoms with Crippen LogP contribution in [-0.4, -0.2) is 30.8 Å². The molecule has 0 heterocycles. The Morgan fingerprint density at radius 1 is 1.15 bits per heavy atom. The van der Waals surface area contributed by atoms with Gasteiger partial charge in [-0.05, 0) is 43.5 Å². The third-order valence-corrected chi connectivity index (χ3v) is 4.86. The van der Waals surface area contributed by atoms with Gasteiger partial charge >= 0.3 is 5.97 Å². The van der Waals surface area contributed by atoms with Gasteiger partial charge in [0.05, 0.1) is 5.75 Å². The highest BCUT2D eigenvalue weighted by atomic mass is 32.2. The number of carbonyl (C=O) groups is 2. The van der Waals surface area contributed by atoms with E-state index in [1.807, 2.05) is 32.0 Å². The van der Waals surface area contributed by atoms with Crippen LogP contribution in [0.3, 0.4) is 0 Å². The van der Waals surface area contributed by atoms with E-state index in [9.17, 15) is 14.0 Å². The Labute approximate surface area is 157 Å². The lowest BCUT2D eigenvalue weighted by Gasteiger charge is -2.08. The molecule has 4 nitrogen and oxygen atoms in total. The Balaban J connectivity index is 1.66. The number of aryl methyl sites for hydroxylation is 2. The van der Waals surface area contributed by atoms with E-state index in [-0.39, 0.29) is 24.7 Å². The fourth-order valence-corrected chi connectivity index (χ4v) is 3.20. The van der Waals surface area contributed by atoms with Gasteiger partial charge < -0.3 is 10.1 Å². The highest BCUT2D eigenvalue weighted by Crippen LogP contribution is 2.23. The smallest absolute Gasteiger partial charge is 0.316 e. The molecule has 0 unspecified atom stereocenters. The van der Waals surface area contributed by atoms with Crippen LogP contribution in [0.2, 0.25) is 0 Å². The molecular weight excluding hydrogens is 353 g/mol. The second-order valence-electron chi connectivity index (χ2n) is 5.91. The molecule has 0 aliphatic heterocycles. The lowest BCUT2D eigenvalue weighted by atomic mass is 10.1. The van der Waals surface area contributed by atoms with E-state index in [0.29, 0.717) is 12.0 Å². The molecular formula is C20H22FNO3S. The number of hydrogen-bond acceptors (Lipinski definition) is 4. The van der Waals surface area contributed by atoms with Crippen LogP contribution in [0.5, 0.6) is 0 Å². The third-order valence-electron chi connectivity index (χ3n) is 3.73. The maximum atomic E-state index is 13.5. The summed E-state index contributed by atoms with van der Waals surface area (Å²) in [4.78, 5) is 24.5. The van der Waals surface area contributed by atoms with Gasteiger partial charge in [-0.15, -0.1) is 11.8 Å². The number of esters is 1. The van der Waals surface area contributed by atoms with Crippen LogP contribution in [0.15, 0.2) is 47.4 Å². The van der Waals surface area contributed by atoms with Crippen molar-refractivity contribution in [3.63, 3.8) is 0 Å². The molecule has 2 rings (SSSR count). The Morgan fingerprint density at radius 3 is 2.69 bits per heavy atom. The molecule has 2 aromatic rings. The molecule has 0 aliphatic carbocycles. The summed E-state index contributed by atoms with van der Waals surface area (Å²) in [5.74, 6) is -0.990. The van der Waals surface area contributed by atoms with Crippen LogP contribution in [-0.2, 0) is 20.7 Å². The topological polar surface area (TPSA) is 55.4 Å². The van der Waals surface area contributed by atoms with Gasteiger partial charge in [-0.25, -0.2) is 4.39 Å². The van der Waals surface area contributed by atoms with E-state index in [4.69, 9.17) is 4.74 Å². The lowest BCUT2D eigenvalue weighted by molar-refractivity contribution is -0.145. The van der Waals surface area contributed by atoms with E-state index in [0.717, 1.165) is 16.0 Å². The van der Waals surface area contributed by atoms with Crippen LogP contribution < -0.4 is 5.32 Å². The van der Waals surface area contributed by atoms with Gasteiger partial charge in [0.1, 0.15) is 5.82 Å². The number of nitrogens with one attached hydrogen (secondary N) is 1. The number of rotatable bonds is 8. The van der Waals surface area contributed by atoms with Crippen molar-refractivity contribution in [3.05, 3.63) is 65.0 Å². The van der Waals surface area contributed by atoms with Crippen LogP contribution in [0.4, 0.5) is 4.39 Å². The van der Waals surface area contributed by atoms with Crippen molar-refractivity contribution < 1.29 is 18.7 Å². The van der Waals surface area contributed by atoms with Crippen molar-refractivity contribution in [2.24, 2.45) is 0 Å². The number of amides is 1. The van der Waals surface area contributed by atoms with E-state index in [2.05, 4.69) is 5.32 Å². The van der Waals surface area contributed by atoms with Gasteiger partial charge in [0.15, 0.2) is 6.61 Å². The Kier molecular flexibility index (Phi) is 7.66. The molecule has 1 N–H and O–H groups in total. The SMILES string of the molecule is Cc1ccc(C)c(SCC(=O)OCC(=O)NCCc2ccccc2F)c1. The van der Waals surface area contributed by atoms with Crippen molar-refractivity contribution in [2.75, 3.05) is 18.9 Å². The highest BCUT2D eigenvalue weighted by Gasteiger charge is 2.10. The average molecular weight is 375 g/mol. The predicted molar refractivity (Wildman–Crippen MR) is 101 cm³/mol. The van der Waals surface area contributed by atoms with E-state index >= 15 is 0 Å². The summed E-state index contributed by atoms with van der Waals surface area (Å²) < 4.78 is 18.4. The molecule has 0 aromatic heterocycles. The molecule has 0 spiro atoms. The average Bonchev–Trinajstić information content (AvgIpc) is 2.62. The van der Waals surface area contributed by atoms with Crippen molar-refractivity contribution in [1.29, 1.82) is 0 Å². The van der Waals surface area contributed by atoms with Crippen LogP contribution in [0.1, 0.15) is 16.7 Å². The largest absolute Gasteiger partial charge is 0.455 e. The normalized spacial score (nSPS) is 10.4. The summed E-state index contributed by atoms with van der Waals surface area (Å²) >= 11 is 1.39. The van der Waals surface area contributed by atoms with E-state index in [1.54, 1.807) is 18.2 Å². The summed E-state index contributed by atoms with van der Waals surface area (Å²) in [6, 6.07) is 12.5. The van der Waals surface area contributed by atoms with E-state index < -0.39 is 11.9 Å². The first kappa shape index (κ1) is 20.0. The molecule has 138 valence electrons. The third kappa shape index (κ3) is 6.52. The van der Waals surface area contributed by atoms with Crippen LogP contribution in [0, 0.1) is 19.7 Å². The number of halogens is 1. The summed E-state index contributed by atoms with van der Waals surface area (Å²) in [5.41, 5.74) is 2.76. The minimum absolute atomic E-state index is 0.146. The Bertz CT molecular complexity index is 779. The minimum atomic E-state index is -0.444. The summed E-state index contributed by atoms with van der Waals surface area (Å²) in [6.45, 7) is 3.93. The van der Waals surface area contributed by atoms with Gasteiger partial charge in [-0.2, -0.15) is 0 Å². The summed E-state index contributed by atoms with van der Waals surface area (Å²) in [6.07, 6.45) is 0.384. The fourth-order valence-electron chi connectivity index (χ4n) is 2.28. The molecule has 0 aliphatic rings. The van der Waals surface area contributed by atoms with Crippen molar-refractivity contribution >= 4 is 23.6 Å². The van der Waals surface area contributed by atoms with E-state index in [1.165, 1.54) is 17.8 Å². The second-order valence-corrected chi connectivity index (χ2v) is 6.93. The van der Waals surface area contributed by atoms with Gasteiger partial charge in [0.2, 0.25) is 0 Å². The summed E-state index contributed by atoms with van der Waals surface area (Å²) in [7, 11) is 0. The predicted octanol–water partition coefficient (Wildman–Crippen LogP) is 3.44. The van der Waals surface area contributed by atoms with Crippen molar-refractivity contribution in [3.8, 4) is 0 Å². The highest BCUT2D eigenvalue weighted by molar-refractivity contribution is 8.00. The molecule has 0 fully saturated rings. The van der Waals surface area contributed by atoms with Gasteiger partial charge in [-0.1, -0.05) is 35.9 Å². The zero-order valence-electron chi connectivity index (χ0n) is 14.9. The monoisotopic (exact) mass is 375 g/mol. The molecule has 0 atom stereocenters. The number of hydrogen-bond donors (Lipinski definition) is 1. The maximum absolute atomic E-state index is 13.5. The quantitative estimate of drug-likeness (QED) is 0.567. The second kappa shape index (κ2) is 9.97. The number of carbonyl (C=O) groups excluding carboxylic acids is 2. The lowest BCUT2D eigenvalue weighted by Crippen LogP contribution is -2.30. The van der Waals surface area contributed by atoms with Crippen LogP contribution >= 0.6 is 11.8 Å². The molecule has 26 heavy (non-hydrogen) atoms. The first-order valence-corrected chi connectivity index (χ1v) is 9.30. The van der Waals surface area contributed by atoms with Crippen molar-refractivity contribution in [1.82, 2.24) is 5.32 Å². The zero-order chi connectivity index (χ0) is 18.9. The first-order chi connectivity index (χ1) is 12.5. The standard InChI is InChI=1S/C20H22FNO3S/c1-14-7-8-15(2)18(11-14)26-13-20(24)25-12-19(23)22-10-9-16-5-3-4-6-17(16)21/h3-8,11H,9-10,12-13H2,1-2H3,(H,22,23). The van der Waals surface area contributed by atoms with Crippen LogP contribution in [0.25, 0.3) is 0 Å². The summed E-state index contributed by atoms with van der Waals surface area (Å²) in [5, 5.41) is 2.61. The minimum Gasteiger partial charge on any atom is -0.455 e. The Hall–Kier alpha value is -2.34. The maximum Gasteiger partial charge on any atom is 0.316 e. The first-order valence-electron chi connectivity index (χ1n) is 8.31. The van der Waals surface area contributed by atoms with Crippen molar-refractivity contribution in [2.45, 2.75) is 25.2 Å². The fraction of sp³-hybridized carbons (Fsp3) is 0.300. The molecule has 2 aromatic carbocycles. The van der Waals surface area contributed by atoms with Gasteiger partial charge in [0, 0.05) is 11.4 Å². The molecule has 6 heteroatoms. The number of ether oxygens (including phenoxy) is 1. The Morgan fingerprint density at radius 2 is 1.92 bits per heavy atom. The molecule has 0 radical (unpaired) electrons. The van der Waals surface area contributed by atoms with Gasteiger partial charge in [-0.3, -0.25) is 9.59 Å². The number of benzene rings is 2. The number of thioether (sulfide) groups is 1. The molecule has 0 bridgehead atoms. The zero-order valence-corrected chi connectivity index (χ0v) is 15.7. The molecule has 0 saturated carbocycles.